The quantitative estimate of drug-likeness (QED) is 0.165. The molecule has 0 radical (unpaired) electrons. The van der Waals surface area contributed by atoms with Gasteiger partial charge in [0.1, 0.15) is 12.6 Å². The van der Waals surface area contributed by atoms with E-state index in [9.17, 15) is 18.0 Å². The second kappa shape index (κ2) is 16.3. The minimum Gasteiger partial charge on any atom is -0.493 e. The van der Waals surface area contributed by atoms with Crippen molar-refractivity contribution in [1.82, 2.24) is 10.2 Å². The van der Waals surface area contributed by atoms with E-state index < -0.39 is 28.5 Å². The zero-order valence-corrected chi connectivity index (χ0v) is 29.3. The summed E-state index contributed by atoms with van der Waals surface area (Å²) in [5.41, 5.74) is 3.78. The molecule has 1 N–H and O–H groups in total. The number of sulfonamides is 1. The van der Waals surface area contributed by atoms with Crippen LogP contribution in [0.1, 0.15) is 42.5 Å². The van der Waals surface area contributed by atoms with Crippen molar-refractivity contribution in [2.45, 2.75) is 64.1 Å². The number of carbonyl (C=O) groups is 2. The van der Waals surface area contributed by atoms with Crippen molar-refractivity contribution >= 4 is 27.5 Å². The average Bonchev–Trinajstić information content (AvgIpc) is 3.08. The Balaban J connectivity index is 1.85. The maximum Gasteiger partial charge on any atom is 0.264 e. The minimum absolute atomic E-state index is 0.0243. The number of benzene rings is 4. The number of rotatable bonds is 15. The molecule has 0 bridgehead atoms. The third-order valence-electron chi connectivity index (χ3n) is 8.25. The highest BCUT2D eigenvalue weighted by Crippen LogP contribution is 2.34. The minimum atomic E-state index is -4.26. The Kier molecular flexibility index (Phi) is 12.2. The van der Waals surface area contributed by atoms with Crippen LogP contribution in [0.2, 0.25) is 0 Å². The first-order chi connectivity index (χ1) is 23.0. The molecule has 9 nitrogen and oxygen atoms in total. The van der Waals surface area contributed by atoms with Gasteiger partial charge in [-0.25, -0.2) is 8.42 Å². The van der Waals surface area contributed by atoms with Crippen LogP contribution in [-0.4, -0.2) is 58.0 Å². The fourth-order valence-electron chi connectivity index (χ4n) is 5.35. The molecule has 48 heavy (non-hydrogen) atoms. The summed E-state index contributed by atoms with van der Waals surface area (Å²) in [5, 5.41) is 3.06. The lowest BCUT2D eigenvalue weighted by atomic mass is 10.0. The highest BCUT2D eigenvalue weighted by atomic mass is 32.2. The molecule has 10 heteroatoms. The SMILES string of the molecule is CCC(C)NC(=O)C(Cc1ccccc1)N(Cc1cccc(C)c1)C(=O)CN(c1ccc(OC)c(OC)c1)S(=O)(=O)c1ccc(C)cc1. The lowest BCUT2D eigenvalue weighted by molar-refractivity contribution is -0.140. The molecule has 0 saturated heterocycles. The Morgan fingerprint density at radius 2 is 1.46 bits per heavy atom. The summed E-state index contributed by atoms with van der Waals surface area (Å²) in [7, 11) is -1.32. The Bertz CT molecular complexity index is 1800. The van der Waals surface area contributed by atoms with E-state index in [1.54, 1.807) is 24.3 Å². The van der Waals surface area contributed by atoms with Crippen LogP contribution in [-0.2, 0) is 32.6 Å². The number of methoxy groups -OCH3 is 2. The summed E-state index contributed by atoms with van der Waals surface area (Å²) in [6.07, 6.45) is 0.944. The molecule has 4 rings (SSSR count). The normalized spacial score (nSPS) is 12.5. The maximum atomic E-state index is 14.7. The largest absolute Gasteiger partial charge is 0.493 e. The van der Waals surface area contributed by atoms with Crippen molar-refractivity contribution in [3.63, 3.8) is 0 Å². The molecule has 0 heterocycles. The Morgan fingerprint density at radius 1 is 0.792 bits per heavy atom. The van der Waals surface area contributed by atoms with Crippen LogP contribution < -0.4 is 19.1 Å². The third kappa shape index (κ3) is 8.95. The van der Waals surface area contributed by atoms with Crippen molar-refractivity contribution in [2.75, 3.05) is 25.1 Å². The van der Waals surface area contributed by atoms with Crippen molar-refractivity contribution in [1.29, 1.82) is 0 Å². The van der Waals surface area contributed by atoms with Gasteiger partial charge >= 0.3 is 0 Å². The van der Waals surface area contributed by atoms with Crippen LogP contribution in [0.15, 0.2) is 102 Å². The van der Waals surface area contributed by atoms with Crippen LogP contribution in [0.4, 0.5) is 5.69 Å². The number of anilines is 1. The number of hydrogen-bond acceptors (Lipinski definition) is 6. The molecule has 4 aromatic carbocycles. The maximum absolute atomic E-state index is 14.7. The van der Waals surface area contributed by atoms with Gasteiger partial charge in [-0.05, 0) is 62.6 Å². The van der Waals surface area contributed by atoms with E-state index in [0.29, 0.717) is 17.9 Å². The smallest absolute Gasteiger partial charge is 0.264 e. The first kappa shape index (κ1) is 36.0. The van der Waals surface area contributed by atoms with Crippen molar-refractivity contribution in [3.05, 3.63) is 119 Å². The van der Waals surface area contributed by atoms with Gasteiger partial charge in [0.25, 0.3) is 10.0 Å². The molecular weight excluding hydrogens is 627 g/mol. The second-order valence-corrected chi connectivity index (χ2v) is 13.8. The van der Waals surface area contributed by atoms with Gasteiger partial charge in [0, 0.05) is 25.1 Å². The van der Waals surface area contributed by atoms with E-state index in [4.69, 9.17) is 9.47 Å². The molecule has 0 aliphatic heterocycles. The molecule has 0 aliphatic rings. The molecule has 2 unspecified atom stereocenters. The van der Waals surface area contributed by atoms with Crippen LogP contribution in [0.3, 0.4) is 0 Å². The van der Waals surface area contributed by atoms with E-state index in [1.807, 2.05) is 82.3 Å². The summed E-state index contributed by atoms with van der Waals surface area (Å²) < 4.78 is 40.6. The topological polar surface area (TPSA) is 105 Å². The van der Waals surface area contributed by atoms with Gasteiger partial charge < -0.3 is 19.7 Å². The van der Waals surface area contributed by atoms with Crippen molar-refractivity contribution in [3.8, 4) is 11.5 Å². The average molecular weight is 672 g/mol. The number of ether oxygens (including phenoxy) is 2. The molecule has 2 atom stereocenters. The van der Waals surface area contributed by atoms with Crippen LogP contribution in [0, 0.1) is 13.8 Å². The number of amides is 2. The van der Waals surface area contributed by atoms with Gasteiger partial charge in [0.05, 0.1) is 24.8 Å². The standard InChI is InChI=1S/C38H45N3O6S/c1-7-29(4)39-38(43)34(23-30-13-9-8-10-14-30)40(25-31-15-11-12-28(3)22-31)37(42)26-41(32-18-21-35(46-5)36(24-32)47-6)48(44,45)33-19-16-27(2)17-20-33/h8-22,24,29,34H,7,23,25-26H2,1-6H3,(H,39,43). The third-order valence-corrected chi connectivity index (χ3v) is 10.0. The molecule has 0 aromatic heterocycles. The van der Waals surface area contributed by atoms with Gasteiger partial charge in [0.2, 0.25) is 11.8 Å². The number of aryl methyl sites for hydroxylation is 2. The molecular formula is C38H45N3O6S. The Morgan fingerprint density at radius 3 is 2.08 bits per heavy atom. The summed E-state index contributed by atoms with van der Waals surface area (Å²) in [6, 6.07) is 27.3. The predicted octanol–water partition coefficient (Wildman–Crippen LogP) is 6.07. The van der Waals surface area contributed by atoms with Gasteiger partial charge in [-0.1, -0.05) is 84.8 Å². The van der Waals surface area contributed by atoms with Gasteiger partial charge in [0.15, 0.2) is 11.5 Å². The Labute approximate surface area is 284 Å². The highest BCUT2D eigenvalue weighted by molar-refractivity contribution is 7.92. The number of hydrogen-bond donors (Lipinski definition) is 1. The zero-order chi connectivity index (χ0) is 34.8. The fourth-order valence-corrected chi connectivity index (χ4v) is 6.75. The summed E-state index contributed by atoms with van der Waals surface area (Å²) in [6.45, 7) is 7.24. The number of nitrogens with zero attached hydrogens (tertiary/aromatic N) is 2. The van der Waals surface area contributed by atoms with E-state index in [-0.39, 0.29) is 35.5 Å². The van der Waals surface area contributed by atoms with Gasteiger partial charge in [-0.3, -0.25) is 13.9 Å². The second-order valence-electron chi connectivity index (χ2n) is 11.9. The molecule has 254 valence electrons. The highest BCUT2D eigenvalue weighted by Gasteiger charge is 2.35. The summed E-state index contributed by atoms with van der Waals surface area (Å²) >= 11 is 0. The molecule has 0 aliphatic carbocycles. The molecule has 0 spiro atoms. The number of carbonyl (C=O) groups excluding carboxylic acids is 2. The lowest BCUT2D eigenvalue weighted by Gasteiger charge is -2.34. The van der Waals surface area contributed by atoms with E-state index >= 15 is 0 Å². The first-order valence-corrected chi connectivity index (χ1v) is 17.4. The van der Waals surface area contributed by atoms with Gasteiger partial charge in [-0.15, -0.1) is 0 Å². The number of nitrogens with one attached hydrogen (secondary N) is 1. The monoisotopic (exact) mass is 671 g/mol. The van der Waals surface area contributed by atoms with E-state index in [1.165, 1.54) is 37.3 Å². The van der Waals surface area contributed by atoms with Crippen LogP contribution in [0.25, 0.3) is 0 Å². The molecule has 0 fully saturated rings. The summed E-state index contributed by atoms with van der Waals surface area (Å²) in [4.78, 5) is 30.2. The molecule has 0 saturated carbocycles. The van der Waals surface area contributed by atoms with Crippen LogP contribution in [0.5, 0.6) is 11.5 Å². The van der Waals surface area contributed by atoms with Crippen LogP contribution >= 0.6 is 0 Å². The van der Waals surface area contributed by atoms with Crippen molar-refractivity contribution < 1.29 is 27.5 Å². The lowest BCUT2D eigenvalue weighted by Crippen LogP contribution is -2.54. The molecule has 4 aromatic rings. The predicted molar refractivity (Wildman–Crippen MR) is 189 cm³/mol. The first-order valence-electron chi connectivity index (χ1n) is 16.0. The van der Waals surface area contributed by atoms with E-state index in [2.05, 4.69) is 5.32 Å². The Hall–Kier alpha value is -4.83. The zero-order valence-electron chi connectivity index (χ0n) is 28.5. The molecule has 2 amide bonds. The van der Waals surface area contributed by atoms with E-state index in [0.717, 1.165) is 26.6 Å². The van der Waals surface area contributed by atoms with Crippen molar-refractivity contribution in [2.24, 2.45) is 0 Å². The fraction of sp³-hybridized carbons (Fsp3) is 0.316. The van der Waals surface area contributed by atoms with Gasteiger partial charge in [-0.2, -0.15) is 0 Å². The summed E-state index contributed by atoms with van der Waals surface area (Å²) in [5.74, 6) is -0.139.